The molecule has 0 radical (unpaired) electrons. The molecule has 0 aromatic heterocycles. The molecule has 0 aromatic carbocycles. The smallest absolute Gasteiger partial charge is 0.309 e. The van der Waals surface area contributed by atoms with Gasteiger partial charge in [0, 0.05) is 35.6 Å². The average molecular weight is 1140 g/mol. The zero-order chi connectivity index (χ0) is 84.5. The largest absolute Gasteiger partial charge is 0.481 e. The maximum atomic E-state index is 11.1. The summed E-state index contributed by atoms with van der Waals surface area (Å²) in [6.45, 7) is 13.2. The molecule has 0 spiro atoms. The first-order valence-corrected chi connectivity index (χ1v) is 25.9. The lowest BCUT2D eigenvalue weighted by molar-refractivity contribution is -0.147. The maximum absolute atomic E-state index is 11.1. The second-order valence-corrected chi connectivity index (χ2v) is 18.2. The van der Waals surface area contributed by atoms with E-state index in [2.05, 4.69) is 0 Å². The highest BCUT2D eigenvalue weighted by Crippen LogP contribution is 2.22. The van der Waals surface area contributed by atoms with Gasteiger partial charge in [-0.25, -0.2) is 0 Å². The molecule has 0 aliphatic heterocycles. The topological polar surface area (TPSA) is 173 Å². The lowest BCUT2D eigenvalue weighted by atomic mass is 9.89. The van der Waals surface area contributed by atoms with Gasteiger partial charge in [0.1, 0.15) is 0 Å². The van der Waals surface area contributed by atoms with E-state index in [0.29, 0.717) is 25.7 Å². The van der Waals surface area contributed by atoms with E-state index in [0.717, 1.165) is 115 Å². The summed E-state index contributed by atoms with van der Waals surface area (Å²) in [5.41, 5.74) is -2.81. The highest BCUT2D eigenvalue weighted by molar-refractivity contribution is 5.74. The van der Waals surface area contributed by atoms with Crippen molar-refractivity contribution in [3.8, 4) is 0 Å². The highest BCUT2D eigenvalue weighted by Gasteiger charge is 2.26. The fraction of sp³-hybridized carbons (Fsp3) is 0.458. The van der Waals surface area contributed by atoms with E-state index in [4.69, 9.17) is 51.0 Å². The predicted octanol–water partition coefficient (Wildman–Crippen LogP) is 18.5. The van der Waals surface area contributed by atoms with Crippen LogP contribution in [0.3, 0.4) is 0 Å². The predicted molar refractivity (Wildman–Crippen MR) is 347 cm³/mol. The summed E-state index contributed by atoms with van der Waals surface area (Å²) in [4.78, 5) is 33.2. The number of aliphatic hydroxyl groups is 3. The van der Waals surface area contributed by atoms with Crippen molar-refractivity contribution in [3.63, 3.8) is 0 Å². The minimum atomic E-state index is -2.31. The Morgan fingerprint density at radius 2 is 0.531 bits per heavy atom. The van der Waals surface area contributed by atoms with E-state index >= 15 is 0 Å². The maximum Gasteiger partial charge on any atom is 0.309 e. The number of aliphatic carboxylic acids is 3. The molecule has 0 aliphatic carbocycles. The van der Waals surface area contributed by atoms with Gasteiger partial charge in [-0.15, -0.1) is 0 Å². The normalized spacial score (nSPS) is 21.9. The van der Waals surface area contributed by atoms with Crippen LogP contribution >= 0.6 is 0 Å². The Morgan fingerprint density at radius 1 is 0.321 bits per heavy atom. The van der Waals surface area contributed by atoms with Crippen LogP contribution < -0.4 is 0 Å². The van der Waals surface area contributed by atoms with Crippen LogP contribution in [-0.4, -0.2) is 66.9 Å². The molecule has 6 N–H and O–H groups in total. The van der Waals surface area contributed by atoms with E-state index in [1.807, 2.05) is 0 Å². The fourth-order valence-corrected chi connectivity index (χ4v) is 4.53. The molecule has 0 amide bonds. The van der Waals surface area contributed by atoms with E-state index in [-0.39, 0.29) is 6.42 Å². The Balaban J connectivity index is -0.00000152. The molecule has 3 unspecified atom stereocenters. The van der Waals surface area contributed by atoms with Crippen molar-refractivity contribution in [1.29, 1.82) is 0 Å². The van der Waals surface area contributed by atoms with Gasteiger partial charge in [-0.05, 0) is 156 Å². The van der Waals surface area contributed by atoms with Crippen molar-refractivity contribution in [2.24, 2.45) is 16.2 Å². The van der Waals surface area contributed by atoms with Crippen LogP contribution in [0.1, 0.15) is 213 Å². The molecular formula is C72H108O9. The molecule has 0 aromatic rings. The number of hydrogen-bond acceptors (Lipinski definition) is 6. The van der Waals surface area contributed by atoms with Crippen LogP contribution in [0.5, 0.6) is 0 Å². The SMILES string of the molecule is [2H]C([2H])(C)/C=C\C([2H])([2H])/C=C\C([2H])([2H])C(O)/C=C/C=C\C([2H])([2H])/C=C\C/C=C\CC(C)(C)C(=O)O.[2H]C([2H])(C)/C=C\C([2H])([2H])/C=C\C([2H])([2H])C(O)/C=C/C=C\C([2H])([2H])/C=C\C/C=C\CC(C)(C)C(=O)O.[2H]C([2H])(C)/C=C\C([2H])([2H])C(O)/C=C/C=C\C([2H])([2H])/C=C\C([2H])([2H])/C=C\C([2H])([2H])/C=C\CC(C)(C)C(=O)O. The number of carbonyl (C=O) groups is 3. The Hall–Kier alpha value is -6.39. The van der Waals surface area contributed by atoms with Gasteiger partial charge in [-0.3, -0.25) is 14.4 Å². The summed E-state index contributed by atoms with van der Waals surface area (Å²) < 4.78 is 202. The van der Waals surface area contributed by atoms with Gasteiger partial charge >= 0.3 is 17.9 Å². The van der Waals surface area contributed by atoms with E-state index < -0.39 is 135 Å². The third kappa shape index (κ3) is 58.1. The first-order valence-electron chi connectivity index (χ1n) is 38.9. The molecule has 3 atom stereocenters. The van der Waals surface area contributed by atoms with Crippen molar-refractivity contribution in [2.75, 3.05) is 0 Å². The molecular weight excluding hydrogens is 1010 g/mol. The molecule has 0 heterocycles. The highest BCUT2D eigenvalue weighted by atomic mass is 16.4. The number of rotatable bonds is 42. The van der Waals surface area contributed by atoms with E-state index in [1.54, 1.807) is 64.2 Å². The lowest BCUT2D eigenvalue weighted by Crippen LogP contribution is -2.22. The molecule has 0 rings (SSSR count). The fourth-order valence-electron chi connectivity index (χ4n) is 4.53. The number of allylic oxidation sites excluding steroid dienone is 30. The van der Waals surface area contributed by atoms with Crippen molar-refractivity contribution in [2.45, 2.75) is 196 Å². The van der Waals surface area contributed by atoms with Gasteiger partial charge < -0.3 is 30.6 Å². The zero-order valence-electron chi connectivity index (χ0n) is 74.5. The quantitative estimate of drug-likeness (QED) is 0.0257. The Kier molecular flexibility index (Phi) is 29.1. The summed E-state index contributed by atoms with van der Waals surface area (Å²) in [5.74, 6) is -2.81. The van der Waals surface area contributed by atoms with Gasteiger partial charge in [-0.2, -0.15) is 0 Å². The Bertz CT molecular complexity index is 3210. The Morgan fingerprint density at radius 3 is 0.827 bits per heavy atom. The van der Waals surface area contributed by atoms with Crippen molar-refractivity contribution >= 4 is 17.9 Å². The van der Waals surface area contributed by atoms with Crippen LogP contribution in [0.2, 0.25) is 0 Å². The van der Waals surface area contributed by atoms with Crippen molar-refractivity contribution in [3.05, 3.63) is 219 Å². The molecule has 0 bridgehead atoms. The first kappa shape index (κ1) is 42.4. The number of carboxylic acids is 3. The number of aliphatic hydroxyl groups excluding tert-OH is 3. The minimum Gasteiger partial charge on any atom is -0.481 e. The first-order chi connectivity index (χ1) is 47.8. The van der Waals surface area contributed by atoms with Crippen molar-refractivity contribution < 1.29 is 80.7 Å². The molecule has 9 nitrogen and oxygen atoms in total. The third-order valence-electron chi connectivity index (χ3n) is 9.59. The summed E-state index contributed by atoms with van der Waals surface area (Å²) in [6.07, 6.45) is 13.6. The van der Waals surface area contributed by atoms with Gasteiger partial charge in [-0.1, -0.05) is 240 Å². The zero-order valence-corrected chi connectivity index (χ0v) is 48.5. The molecule has 0 aliphatic rings. The molecule has 0 saturated heterocycles. The van der Waals surface area contributed by atoms with Crippen LogP contribution in [0.4, 0.5) is 0 Å². The average Bonchev–Trinajstić information content (AvgIpc) is 0.859. The molecule has 0 fully saturated rings. The lowest BCUT2D eigenvalue weighted by Gasteiger charge is -2.15. The van der Waals surface area contributed by atoms with Crippen LogP contribution in [-0.2, 0) is 14.4 Å². The van der Waals surface area contributed by atoms with Crippen LogP contribution in [0, 0.1) is 16.2 Å². The van der Waals surface area contributed by atoms with Gasteiger partial charge in [0.25, 0.3) is 0 Å². The standard InChI is InChI=1S/3C24H36O3/c1-4-5-16-19-22(25)20-17-14-12-10-8-6-7-9-11-13-15-18-21-24(2,3)23(26)27;2*1-4-5-6-7-13-16-19-22(25)20-17-14-11-9-8-10-12-15-18-21-24(2,3)23(26)27/h5-6,8-9,11-12,14-18,20,22,25H,4,7,10,13,19,21H2,1-3H3,(H,26,27);2*5-6,8,10-11,13-18,20,22,25H,4,7,9,12,19,21H2,1-3H3,(H,26,27)/b8-6-,11-9-,14-12-,16-5-,18-15-,20-17+;2*6-5-,10-8-,14-11-,16-13-,18-15-,20-17+/i4D2,7D2,10D2,13D2,19D2;2*4D2,7D2,9D2,19D2. The van der Waals surface area contributed by atoms with E-state index in [9.17, 15) is 29.7 Å². The van der Waals surface area contributed by atoms with Crippen LogP contribution in [0.25, 0.3) is 0 Å². The minimum absolute atomic E-state index is 0.0809. The second kappa shape index (κ2) is 55.5. The number of hydrogen-bond donors (Lipinski definition) is 6. The van der Waals surface area contributed by atoms with Gasteiger partial charge in [0.15, 0.2) is 0 Å². The van der Waals surface area contributed by atoms with E-state index in [1.165, 1.54) is 101 Å². The summed E-state index contributed by atoms with van der Waals surface area (Å²) in [6, 6.07) is 0. The number of carboxylic acid groups (broad SMARTS) is 3. The summed E-state index contributed by atoms with van der Waals surface area (Å²) in [7, 11) is 0. The molecule has 0 saturated carbocycles. The van der Waals surface area contributed by atoms with Gasteiger partial charge in [0.05, 0.1) is 34.6 Å². The Labute approximate surface area is 528 Å². The van der Waals surface area contributed by atoms with Crippen LogP contribution in [0.15, 0.2) is 219 Å². The molecule has 81 heavy (non-hydrogen) atoms. The summed E-state index contributed by atoms with van der Waals surface area (Å²) >= 11 is 0. The summed E-state index contributed by atoms with van der Waals surface area (Å²) in [5, 5.41) is 57.3. The van der Waals surface area contributed by atoms with Crippen molar-refractivity contribution in [1.82, 2.24) is 0 Å². The molecule has 9 heteroatoms. The monoisotopic (exact) mass is 1140 g/mol. The second-order valence-electron chi connectivity index (χ2n) is 18.2. The van der Waals surface area contributed by atoms with Gasteiger partial charge in [0.2, 0.25) is 0 Å². The third-order valence-corrected chi connectivity index (χ3v) is 9.59. The molecule has 450 valence electrons.